The fraction of sp³-hybridized carbons (Fsp3) is 0.0833. The number of fused-ring (bicyclic) bond motifs is 2. The van der Waals surface area contributed by atoms with Gasteiger partial charge in [-0.25, -0.2) is 9.59 Å². The number of hydrogen-bond donors (Lipinski definition) is 4. The van der Waals surface area contributed by atoms with Gasteiger partial charge in [-0.2, -0.15) is 0 Å². The summed E-state index contributed by atoms with van der Waals surface area (Å²) in [4.78, 5) is 24.4. The van der Waals surface area contributed by atoms with Crippen molar-refractivity contribution in [3.05, 3.63) is 84.9 Å². The number of hydrogen-bond acceptors (Lipinski definition) is 2. The summed E-state index contributed by atoms with van der Waals surface area (Å²) in [5, 5.41) is 15.3. The lowest BCUT2D eigenvalue weighted by Crippen LogP contribution is -2.38. The second kappa shape index (κ2) is 8.96. The van der Waals surface area contributed by atoms with Gasteiger partial charge in [-0.1, -0.05) is 72.8 Å². The predicted molar refractivity (Wildman–Crippen MR) is 122 cm³/mol. The van der Waals surface area contributed by atoms with Gasteiger partial charge in [-0.15, -0.1) is 0 Å². The number of carbonyl (C=O) groups is 2. The molecule has 4 aromatic rings. The molecule has 0 aliphatic rings. The molecule has 0 saturated heterocycles. The maximum absolute atomic E-state index is 12.2. The Hall–Kier alpha value is -4.06. The van der Waals surface area contributed by atoms with E-state index in [4.69, 9.17) is 0 Å². The average molecular weight is 398 g/mol. The molecule has 6 heteroatoms. The first kappa shape index (κ1) is 19.3. The van der Waals surface area contributed by atoms with Crippen LogP contribution in [-0.4, -0.2) is 25.2 Å². The highest BCUT2D eigenvalue weighted by molar-refractivity contribution is 6.02. The molecule has 150 valence electrons. The van der Waals surface area contributed by atoms with Crippen molar-refractivity contribution in [3.8, 4) is 0 Å². The van der Waals surface area contributed by atoms with Crippen molar-refractivity contribution in [1.29, 1.82) is 0 Å². The monoisotopic (exact) mass is 398 g/mol. The molecule has 0 aliphatic carbocycles. The van der Waals surface area contributed by atoms with Crippen molar-refractivity contribution in [2.75, 3.05) is 23.7 Å². The number of benzene rings is 4. The maximum atomic E-state index is 12.2. The number of anilines is 2. The van der Waals surface area contributed by atoms with E-state index in [1.807, 2.05) is 84.9 Å². The van der Waals surface area contributed by atoms with Gasteiger partial charge >= 0.3 is 12.1 Å². The Balaban J connectivity index is 1.25. The van der Waals surface area contributed by atoms with Crippen LogP contribution in [-0.2, 0) is 0 Å². The third kappa shape index (κ3) is 4.50. The molecule has 0 spiro atoms. The first-order valence-corrected chi connectivity index (χ1v) is 9.76. The van der Waals surface area contributed by atoms with Crippen LogP contribution in [0.4, 0.5) is 21.0 Å². The maximum Gasteiger partial charge on any atom is 0.319 e. The highest BCUT2D eigenvalue weighted by Gasteiger charge is 2.07. The van der Waals surface area contributed by atoms with E-state index < -0.39 is 0 Å². The normalized spacial score (nSPS) is 10.5. The Labute approximate surface area is 174 Å². The van der Waals surface area contributed by atoms with E-state index in [2.05, 4.69) is 21.3 Å². The Morgan fingerprint density at radius 1 is 0.533 bits per heavy atom. The van der Waals surface area contributed by atoms with Crippen LogP contribution in [0, 0.1) is 0 Å². The van der Waals surface area contributed by atoms with Crippen LogP contribution >= 0.6 is 0 Å². The SMILES string of the molecule is O=C(NCCNC(=O)Nc1cccc2ccccc12)Nc1cccc2ccccc12. The Morgan fingerprint density at radius 2 is 0.933 bits per heavy atom. The first-order valence-electron chi connectivity index (χ1n) is 9.76. The minimum Gasteiger partial charge on any atom is -0.336 e. The average Bonchev–Trinajstić information content (AvgIpc) is 2.77. The number of amides is 4. The molecule has 0 atom stereocenters. The smallest absolute Gasteiger partial charge is 0.319 e. The lowest BCUT2D eigenvalue weighted by Gasteiger charge is -2.12. The molecule has 0 fully saturated rings. The van der Waals surface area contributed by atoms with Gasteiger partial charge < -0.3 is 21.3 Å². The van der Waals surface area contributed by atoms with E-state index in [9.17, 15) is 9.59 Å². The topological polar surface area (TPSA) is 82.3 Å². The molecule has 0 aliphatic heterocycles. The van der Waals surface area contributed by atoms with Gasteiger partial charge in [0.1, 0.15) is 0 Å². The fourth-order valence-electron chi connectivity index (χ4n) is 3.35. The van der Waals surface area contributed by atoms with E-state index in [1.54, 1.807) is 0 Å². The lowest BCUT2D eigenvalue weighted by atomic mass is 10.1. The van der Waals surface area contributed by atoms with Crippen molar-refractivity contribution < 1.29 is 9.59 Å². The van der Waals surface area contributed by atoms with Crippen LogP contribution in [0.3, 0.4) is 0 Å². The highest BCUT2D eigenvalue weighted by Crippen LogP contribution is 2.23. The third-order valence-electron chi connectivity index (χ3n) is 4.77. The summed E-state index contributed by atoms with van der Waals surface area (Å²) in [5.74, 6) is 0. The van der Waals surface area contributed by atoms with Crippen LogP contribution < -0.4 is 21.3 Å². The van der Waals surface area contributed by atoms with Gasteiger partial charge in [0.05, 0.1) is 11.4 Å². The van der Waals surface area contributed by atoms with E-state index in [-0.39, 0.29) is 12.1 Å². The van der Waals surface area contributed by atoms with Crippen molar-refractivity contribution in [2.24, 2.45) is 0 Å². The van der Waals surface area contributed by atoms with Gasteiger partial charge in [0.25, 0.3) is 0 Å². The lowest BCUT2D eigenvalue weighted by molar-refractivity contribution is 0.248. The summed E-state index contributed by atoms with van der Waals surface area (Å²) >= 11 is 0. The van der Waals surface area contributed by atoms with Gasteiger partial charge in [0.15, 0.2) is 0 Å². The molecule has 6 nitrogen and oxygen atoms in total. The highest BCUT2D eigenvalue weighted by atomic mass is 16.2. The van der Waals surface area contributed by atoms with E-state index in [1.165, 1.54) is 0 Å². The standard InChI is InChI=1S/C24H22N4O2/c29-23(27-21-13-5-9-17-7-1-3-11-19(17)21)25-15-16-26-24(30)28-22-14-6-10-18-8-2-4-12-20(18)22/h1-14H,15-16H2,(H2,25,27,29)(H2,26,28,30). The summed E-state index contributed by atoms with van der Waals surface area (Å²) in [7, 11) is 0. The zero-order chi connectivity index (χ0) is 20.8. The molecule has 30 heavy (non-hydrogen) atoms. The van der Waals surface area contributed by atoms with Crippen LogP contribution in [0.5, 0.6) is 0 Å². The zero-order valence-corrected chi connectivity index (χ0v) is 16.3. The predicted octanol–water partition coefficient (Wildman–Crippen LogP) is 4.94. The second-order valence-corrected chi connectivity index (χ2v) is 6.82. The van der Waals surface area contributed by atoms with Crippen LogP contribution in [0.1, 0.15) is 0 Å². The quantitative estimate of drug-likeness (QED) is 0.359. The first-order chi connectivity index (χ1) is 14.7. The molecule has 4 amide bonds. The van der Waals surface area contributed by atoms with E-state index in [0.717, 1.165) is 32.9 Å². The fourth-order valence-corrected chi connectivity index (χ4v) is 3.35. The molecule has 0 saturated carbocycles. The molecule has 4 aromatic carbocycles. The summed E-state index contributed by atoms with van der Waals surface area (Å²) in [5.41, 5.74) is 1.49. The summed E-state index contributed by atoms with van der Waals surface area (Å²) in [6, 6.07) is 26.6. The summed E-state index contributed by atoms with van der Waals surface area (Å²) in [6.07, 6.45) is 0. The van der Waals surface area contributed by atoms with Gasteiger partial charge in [-0.3, -0.25) is 0 Å². The molecular weight excluding hydrogens is 376 g/mol. The zero-order valence-electron chi connectivity index (χ0n) is 16.3. The molecule has 4 rings (SSSR count). The number of nitrogens with one attached hydrogen (secondary N) is 4. The van der Waals surface area contributed by atoms with Crippen molar-refractivity contribution >= 4 is 45.0 Å². The molecule has 0 bridgehead atoms. The van der Waals surface area contributed by atoms with Crippen molar-refractivity contribution in [2.45, 2.75) is 0 Å². The Bertz CT molecular complexity index is 1100. The minimum atomic E-state index is -0.317. The van der Waals surface area contributed by atoms with Crippen molar-refractivity contribution in [3.63, 3.8) is 0 Å². The van der Waals surface area contributed by atoms with Crippen LogP contribution in [0.15, 0.2) is 84.9 Å². The number of carbonyl (C=O) groups excluding carboxylic acids is 2. The molecule has 4 N–H and O–H groups in total. The van der Waals surface area contributed by atoms with Gasteiger partial charge in [0, 0.05) is 23.9 Å². The van der Waals surface area contributed by atoms with Crippen LogP contribution in [0.2, 0.25) is 0 Å². The summed E-state index contributed by atoms with van der Waals surface area (Å²) < 4.78 is 0. The third-order valence-corrected chi connectivity index (χ3v) is 4.77. The van der Waals surface area contributed by atoms with Gasteiger partial charge in [-0.05, 0) is 22.9 Å². The van der Waals surface area contributed by atoms with E-state index in [0.29, 0.717) is 13.1 Å². The van der Waals surface area contributed by atoms with Crippen LogP contribution in [0.25, 0.3) is 21.5 Å². The molecule has 0 aromatic heterocycles. The Kier molecular flexibility index (Phi) is 5.75. The van der Waals surface area contributed by atoms with E-state index >= 15 is 0 Å². The molecule has 0 radical (unpaired) electrons. The Morgan fingerprint density at radius 3 is 1.40 bits per heavy atom. The van der Waals surface area contributed by atoms with Crippen molar-refractivity contribution in [1.82, 2.24) is 10.6 Å². The molecule has 0 heterocycles. The number of urea groups is 2. The summed E-state index contributed by atoms with van der Waals surface area (Å²) in [6.45, 7) is 0.610. The van der Waals surface area contributed by atoms with Gasteiger partial charge in [0.2, 0.25) is 0 Å². The molecule has 0 unspecified atom stereocenters. The largest absolute Gasteiger partial charge is 0.336 e. The molecular formula is C24H22N4O2. The number of rotatable bonds is 5. The minimum absolute atomic E-state index is 0.305. The second-order valence-electron chi connectivity index (χ2n) is 6.82.